The molecule has 2 aromatic heterocycles. The van der Waals surface area contributed by atoms with Crippen LogP contribution in [0.2, 0.25) is 0 Å². The van der Waals surface area contributed by atoms with Gasteiger partial charge in [0.05, 0.1) is 29.0 Å². The average molecular weight is 536 g/mol. The summed E-state index contributed by atoms with van der Waals surface area (Å²) in [6.07, 6.45) is 3.51. The fourth-order valence-electron chi connectivity index (χ4n) is 4.47. The third-order valence-electron chi connectivity index (χ3n) is 6.42. The molecule has 0 radical (unpaired) electrons. The minimum absolute atomic E-state index is 0.0124. The highest BCUT2D eigenvalue weighted by molar-refractivity contribution is 9.10. The van der Waals surface area contributed by atoms with E-state index in [0.717, 1.165) is 29.7 Å². The molecule has 0 aliphatic carbocycles. The number of carbonyl (C=O) groups excluding carboxylic acids is 1. The molecule has 1 aliphatic heterocycles. The molecule has 5 rings (SSSR count). The molecular formula is C26H26BrN5O3. The molecule has 4 aromatic rings. The molecule has 1 aliphatic rings. The first kappa shape index (κ1) is 23.2. The second-order valence-electron chi connectivity index (χ2n) is 8.59. The number of benzene rings is 2. The Kier molecular flexibility index (Phi) is 6.59. The number of amides is 1. The lowest BCUT2D eigenvalue weighted by molar-refractivity contribution is 0.0691. The van der Waals surface area contributed by atoms with Crippen LogP contribution in [-0.2, 0) is 0 Å². The molecule has 1 amide bonds. The Hall–Kier alpha value is -3.59. The molecule has 1 fully saturated rings. The second-order valence-corrected chi connectivity index (χ2v) is 9.44. The van der Waals surface area contributed by atoms with E-state index in [2.05, 4.69) is 26.3 Å². The van der Waals surface area contributed by atoms with Crippen LogP contribution in [0.1, 0.15) is 23.2 Å². The van der Waals surface area contributed by atoms with Crippen LogP contribution < -0.4 is 10.1 Å². The molecule has 0 spiro atoms. The predicted molar refractivity (Wildman–Crippen MR) is 138 cm³/mol. The third-order valence-corrected chi connectivity index (χ3v) is 6.98. The van der Waals surface area contributed by atoms with Crippen LogP contribution in [0.5, 0.6) is 11.5 Å². The lowest BCUT2D eigenvalue weighted by atomic mass is 9.96. The van der Waals surface area contributed by atoms with Gasteiger partial charge < -0.3 is 20.1 Å². The van der Waals surface area contributed by atoms with Crippen molar-refractivity contribution in [3.8, 4) is 22.8 Å². The van der Waals surface area contributed by atoms with Gasteiger partial charge in [0.25, 0.3) is 5.91 Å². The van der Waals surface area contributed by atoms with Gasteiger partial charge in [0, 0.05) is 31.3 Å². The zero-order valence-corrected chi connectivity index (χ0v) is 20.9. The summed E-state index contributed by atoms with van der Waals surface area (Å²) in [5, 5.41) is 18.3. The minimum atomic E-state index is 0.0124. The van der Waals surface area contributed by atoms with Gasteiger partial charge in [0.2, 0.25) is 0 Å². The Morgan fingerprint density at radius 2 is 1.91 bits per heavy atom. The van der Waals surface area contributed by atoms with Crippen molar-refractivity contribution < 1.29 is 14.6 Å². The first-order valence-electron chi connectivity index (χ1n) is 11.5. The van der Waals surface area contributed by atoms with Crippen molar-refractivity contribution in [3.05, 3.63) is 70.8 Å². The lowest BCUT2D eigenvalue weighted by Gasteiger charge is -2.32. The number of ether oxygens (including phenoxy) is 1. The molecule has 0 atom stereocenters. The molecule has 1 saturated heterocycles. The summed E-state index contributed by atoms with van der Waals surface area (Å²) in [6, 6.07) is 16.4. The summed E-state index contributed by atoms with van der Waals surface area (Å²) in [5.41, 5.74) is 2.60. The van der Waals surface area contributed by atoms with E-state index < -0.39 is 0 Å². The van der Waals surface area contributed by atoms with Crippen LogP contribution in [0, 0.1) is 5.92 Å². The number of methoxy groups -OCH3 is 1. The van der Waals surface area contributed by atoms with Crippen molar-refractivity contribution in [2.75, 3.05) is 32.1 Å². The van der Waals surface area contributed by atoms with E-state index in [1.165, 1.54) is 0 Å². The summed E-state index contributed by atoms with van der Waals surface area (Å²) in [5.74, 6) is 2.00. The van der Waals surface area contributed by atoms with Crippen molar-refractivity contribution >= 4 is 33.3 Å². The quantitative estimate of drug-likeness (QED) is 0.367. The molecule has 0 saturated carbocycles. The number of phenolic OH excluding ortho intramolecular Hbond substituents is 1. The monoisotopic (exact) mass is 535 g/mol. The summed E-state index contributed by atoms with van der Waals surface area (Å²) in [7, 11) is 1.59. The van der Waals surface area contributed by atoms with E-state index in [0.29, 0.717) is 47.2 Å². The molecular weight excluding hydrogens is 510 g/mol. The van der Waals surface area contributed by atoms with Crippen molar-refractivity contribution in [3.63, 3.8) is 0 Å². The van der Waals surface area contributed by atoms with Crippen molar-refractivity contribution in [1.29, 1.82) is 0 Å². The van der Waals surface area contributed by atoms with Gasteiger partial charge in [0.15, 0.2) is 5.65 Å². The number of likely N-dealkylation sites (tertiary alicyclic amines) is 1. The first-order valence-corrected chi connectivity index (χ1v) is 12.3. The van der Waals surface area contributed by atoms with Gasteiger partial charge in [-0.2, -0.15) is 9.61 Å². The van der Waals surface area contributed by atoms with E-state index in [1.54, 1.807) is 30.0 Å². The molecule has 180 valence electrons. The van der Waals surface area contributed by atoms with E-state index in [4.69, 9.17) is 9.72 Å². The normalized spacial score (nSPS) is 14.3. The summed E-state index contributed by atoms with van der Waals surface area (Å²) in [4.78, 5) is 19.6. The Labute approximate surface area is 211 Å². The van der Waals surface area contributed by atoms with Crippen LogP contribution >= 0.6 is 15.9 Å². The summed E-state index contributed by atoms with van der Waals surface area (Å²) >= 11 is 3.52. The number of phenols is 1. The number of rotatable bonds is 6. The number of hydrogen-bond acceptors (Lipinski definition) is 6. The van der Waals surface area contributed by atoms with Crippen molar-refractivity contribution in [2.45, 2.75) is 12.8 Å². The van der Waals surface area contributed by atoms with Gasteiger partial charge in [-0.15, -0.1) is 0 Å². The molecule has 3 heterocycles. The Morgan fingerprint density at radius 1 is 1.17 bits per heavy atom. The van der Waals surface area contributed by atoms with Gasteiger partial charge in [-0.3, -0.25) is 4.79 Å². The predicted octanol–water partition coefficient (Wildman–Crippen LogP) is 4.84. The number of aromatic nitrogens is 3. The van der Waals surface area contributed by atoms with Crippen LogP contribution in [0.4, 0.5) is 5.82 Å². The number of hydrogen-bond donors (Lipinski definition) is 2. The number of piperidine rings is 1. The smallest absolute Gasteiger partial charge is 0.257 e. The number of halogens is 1. The summed E-state index contributed by atoms with van der Waals surface area (Å²) in [6.45, 7) is 2.14. The largest absolute Gasteiger partial charge is 0.507 e. The molecule has 0 bridgehead atoms. The van der Waals surface area contributed by atoms with Gasteiger partial charge in [0.1, 0.15) is 17.3 Å². The number of nitrogens with one attached hydrogen (secondary N) is 1. The highest BCUT2D eigenvalue weighted by atomic mass is 79.9. The maximum Gasteiger partial charge on any atom is 0.257 e. The fraction of sp³-hybridized carbons (Fsp3) is 0.269. The molecule has 8 nitrogen and oxygen atoms in total. The number of fused-ring (bicyclic) bond motifs is 1. The van der Waals surface area contributed by atoms with Gasteiger partial charge in [-0.25, -0.2) is 4.98 Å². The van der Waals surface area contributed by atoms with E-state index in [9.17, 15) is 9.90 Å². The molecule has 2 N–H and O–H groups in total. The van der Waals surface area contributed by atoms with Crippen LogP contribution in [-0.4, -0.2) is 57.3 Å². The maximum absolute atomic E-state index is 13.0. The van der Waals surface area contributed by atoms with E-state index in [1.807, 2.05) is 47.4 Å². The SMILES string of the molecule is COc1ccccc1C(=O)N1CCC(CNc2cc(-c3ccccc3O)nc3c(Br)cnn23)CC1. The molecule has 35 heavy (non-hydrogen) atoms. The van der Waals surface area contributed by atoms with E-state index in [-0.39, 0.29) is 11.7 Å². The van der Waals surface area contributed by atoms with Crippen molar-refractivity contribution in [2.24, 2.45) is 5.92 Å². The van der Waals surface area contributed by atoms with Gasteiger partial charge in [-0.05, 0) is 59.0 Å². The van der Waals surface area contributed by atoms with Gasteiger partial charge in [-0.1, -0.05) is 24.3 Å². The molecule has 2 aromatic carbocycles. The Bertz CT molecular complexity index is 1360. The molecule has 9 heteroatoms. The zero-order valence-electron chi connectivity index (χ0n) is 19.3. The maximum atomic E-state index is 13.0. The third kappa shape index (κ3) is 4.68. The standard InChI is InChI=1S/C26H26BrN5O3/c1-35-23-9-5-3-7-19(23)26(34)31-12-10-17(11-13-31)15-28-24-14-21(18-6-2-4-8-22(18)33)30-25-20(27)16-29-32(24)25/h2-9,14,16-17,28,33H,10-13,15H2,1H3. The first-order chi connectivity index (χ1) is 17.0. The molecule has 0 unspecified atom stereocenters. The van der Waals surface area contributed by atoms with Crippen LogP contribution in [0.3, 0.4) is 0 Å². The highest BCUT2D eigenvalue weighted by Crippen LogP contribution is 2.31. The number of nitrogens with zero attached hydrogens (tertiary/aromatic N) is 4. The van der Waals surface area contributed by atoms with Crippen LogP contribution in [0.15, 0.2) is 65.3 Å². The lowest BCUT2D eigenvalue weighted by Crippen LogP contribution is -2.40. The minimum Gasteiger partial charge on any atom is -0.507 e. The van der Waals surface area contributed by atoms with Gasteiger partial charge >= 0.3 is 0 Å². The Morgan fingerprint density at radius 3 is 2.69 bits per heavy atom. The Balaban J connectivity index is 1.28. The summed E-state index contributed by atoms with van der Waals surface area (Å²) < 4.78 is 7.90. The number of para-hydroxylation sites is 2. The topological polar surface area (TPSA) is 92.0 Å². The van der Waals surface area contributed by atoms with Crippen molar-refractivity contribution in [1.82, 2.24) is 19.5 Å². The second kappa shape index (κ2) is 9.95. The number of carbonyl (C=O) groups is 1. The number of aromatic hydroxyl groups is 1. The highest BCUT2D eigenvalue weighted by Gasteiger charge is 2.25. The van der Waals surface area contributed by atoms with E-state index >= 15 is 0 Å². The zero-order chi connectivity index (χ0) is 24.4. The fourth-order valence-corrected chi connectivity index (χ4v) is 4.82. The van der Waals surface area contributed by atoms with Crippen LogP contribution in [0.25, 0.3) is 16.9 Å². The average Bonchev–Trinajstić information content (AvgIpc) is 3.28. The number of anilines is 1.